The molecule has 0 aliphatic heterocycles. The highest BCUT2D eigenvalue weighted by Crippen LogP contribution is 2.26. The lowest BCUT2D eigenvalue weighted by molar-refractivity contribution is 0.576. The molecule has 2 aromatic heterocycles. The van der Waals surface area contributed by atoms with Crippen LogP contribution in [0.3, 0.4) is 0 Å². The molecule has 3 rings (SSSR count). The lowest BCUT2D eigenvalue weighted by Gasteiger charge is -2.05. The molecule has 0 saturated carbocycles. The van der Waals surface area contributed by atoms with Crippen LogP contribution in [0.4, 0.5) is 0 Å². The first-order valence-corrected chi connectivity index (χ1v) is 7.10. The number of rotatable bonds is 3. The van der Waals surface area contributed by atoms with Gasteiger partial charge in [0.15, 0.2) is 11.5 Å². The van der Waals surface area contributed by atoms with Crippen LogP contribution in [0.2, 0.25) is 0 Å². The standard InChI is InChI=1S/C14H10N4OS/c1-20-11-5-2-4-10(8-11)18-14(12(9-15)16-17-18)13-6-3-7-19-13/h2-8H,1H3. The Morgan fingerprint density at radius 2 is 2.20 bits per heavy atom. The van der Waals surface area contributed by atoms with Gasteiger partial charge in [0.05, 0.1) is 12.0 Å². The van der Waals surface area contributed by atoms with Crippen molar-refractivity contribution >= 4 is 11.8 Å². The van der Waals surface area contributed by atoms with E-state index in [1.54, 1.807) is 34.8 Å². The molecule has 0 saturated heterocycles. The maximum absolute atomic E-state index is 9.17. The topological polar surface area (TPSA) is 67.6 Å². The van der Waals surface area contributed by atoms with Gasteiger partial charge in [0, 0.05) is 4.90 Å². The van der Waals surface area contributed by atoms with Crippen molar-refractivity contribution in [3.8, 4) is 23.2 Å². The Hall–Kier alpha value is -2.52. The predicted octanol–water partition coefficient (Wildman–Crippen LogP) is 3.12. The summed E-state index contributed by atoms with van der Waals surface area (Å²) in [7, 11) is 0. The first-order chi connectivity index (χ1) is 9.83. The van der Waals surface area contributed by atoms with Gasteiger partial charge in [-0.15, -0.1) is 16.9 Å². The second kappa shape index (κ2) is 5.23. The molecule has 98 valence electrons. The number of nitriles is 1. The van der Waals surface area contributed by atoms with E-state index in [1.807, 2.05) is 36.6 Å². The highest BCUT2D eigenvalue weighted by molar-refractivity contribution is 7.98. The van der Waals surface area contributed by atoms with Crippen molar-refractivity contribution in [2.45, 2.75) is 4.90 Å². The maximum atomic E-state index is 9.17. The molecule has 0 N–H and O–H groups in total. The molecule has 1 aromatic carbocycles. The Labute approximate surface area is 119 Å². The quantitative estimate of drug-likeness (QED) is 0.690. The van der Waals surface area contributed by atoms with E-state index in [0.29, 0.717) is 11.5 Å². The van der Waals surface area contributed by atoms with Crippen LogP contribution in [0, 0.1) is 11.3 Å². The first kappa shape index (κ1) is 12.5. The highest BCUT2D eigenvalue weighted by Gasteiger charge is 2.18. The predicted molar refractivity (Wildman–Crippen MR) is 75.6 cm³/mol. The minimum atomic E-state index is 0.245. The van der Waals surface area contributed by atoms with Gasteiger partial charge in [-0.3, -0.25) is 0 Å². The second-order valence-corrected chi connectivity index (χ2v) is 4.87. The fourth-order valence-corrected chi connectivity index (χ4v) is 2.37. The average molecular weight is 282 g/mol. The van der Waals surface area contributed by atoms with Crippen LogP contribution >= 0.6 is 11.8 Å². The Kier molecular flexibility index (Phi) is 3.27. The van der Waals surface area contributed by atoms with Gasteiger partial charge in [-0.1, -0.05) is 11.3 Å². The molecule has 0 bridgehead atoms. The monoisotopic (exact) mass is 282 g/mol. The van der Waals surface area contributed by atoms with Gasteiger partial charge in [0.2, 0.25) is 0 Å². The Morgan fingerprint density at radius 1 is 1.30 bits per heavy atom. The molecule has 0 amide bonds. The zero-order valence-corrected chi connectivity index (χ0v) is 11.5. The van der Waals surface area contributed by atoms with Crippen LogP contribution < -0.4 is 0 Å². The minimum Gasteiger partial charge on any atom is -0.463 e. The summed E-state index contributed by atoms with van der Waals surface area (Å²) in [6.07, 6.45) is 3.57. The number of furan rings is 1. The smallest absolute Gasteiger partial charge is 0.194 e. The van der Waals surface area contributed by atoms with E-state index in [0.717, 1.165) is 10.6 Å². The fraction of sp³-hybridized carbons (Fsp3) is 0.0714. The number of hydrogen-bond donors (Lipinski definition) is 0. The highest BCUT2D eigenvalue weighted by atomic mass is 32.2. The molecular weight excluding hydrogens is 272 g/mol. The zero-order valence-electron chi connectivity index (χ0n) is 10.6. The van der Waals surface area contributed by atoms with Crippen molar-refractivity contribution in [2.75, 3.05) is 6.26 Å². The third-order valence-electron chi connectivity index (χ3n) is 2.83. The van der Waals surface area contributed by atoms with Crippen molar-refractivity contribution < 1.29 is 4.42 Å². The molecule has 0 radical (unpaired) electrons. The molecule has 2 heterocycles. The third-order valence-corrected chi connectivity index (χ3v) is 3.55. The third kappa shape index (κ3) is 2.08. The SMILES string of the molecule is CSc1cccc(-n2nnc(C#N)c2-c2ccco2)c1. The van der Waals surface area contributed by atoms with E-state index < -0.39 is 0 Å². The molecule has 0 spiro atoms. The second-order valence-electron chi connectivity index (χ2n) is 3.99. The Balaban J connectivity index is 2.20. The van der Waals surface area contributed by atoms with Crippen LogP contribution in [-0.4, -0.2) is 21.2 Å². The molecule has 20 heavy (non-hydrogen) atoms. The van der Waals surface area contributed by atoms with Crippen molar-refractivity contribution in [2.24, 2.45) is 0 Å². The maximum Gasteiger partial charge on any atom is 0.194 e. The summed E-state index contributed by atoms with van der Waals surface area (Å²) in [4.78, 5) is 1.11. The van der Waals surface area contributed by atoms with Gasteiger partial charge in [-0.05, 0) is 36.6 Å². The summed E-state index contributed by atoms with van der Waals surface area (Å²) >= 11 is 1.64. The largest absolute Gasteiger partial charge is 0.463 e. The first-order valence-electron chi connectivity index (χ1n) is 5.87. The number of benzene rings is 1. The number of thioether (sulfide) groups is 1. The van der Waals surface area contributed by atoms with Crippen molar-refractivity contribution in [1.82, 2.24) is 15.0 Å². The molecule has 0 aliphatic rings. The van der Waals surface area contributed by atoms with Crippen molar-refractivity contribution in [1.29, 1.82) is 5.26 Å². The molecule has 0 atom stereocenters. The normalized spacial score (nSPS) is 10.4. The summed E-state index contributed by atoms with van der Waals surface area (Å²) in [6, 6.07) is 13.5. The van der Waals surface area contributed by atoms with Gasteiger partial charge < -0.3 is 4.42 Å². The van der Waals surface area contributed by atoms with Crippen molar-refractivity contribution in [3.63, 3.8) is 0 Å². The molecule has 0 aliphatic carbocycles. The summed E-state index contributed by atoms with van der Waals surface area (Å²) in [5.74, 6) is 0.570. The van der Waals surface area contributed by atoms with Gasteiger partial charge >= 0.3 is 0 Å². The van der Waals surface area contributed by atoms with Crippen LogP contribution in [0.1, 0.15) is 5.69 Å². The van der Waals surface area contributed by atoms with Gasteiger partial charge in [0.25, 0.3) is 0 Å². The van der Waals surface area contributed by atoms with Crippen LogP contribution in [0.25, 0.3) is 17.1 Å². The molecular formula is C14H10N4OS. The average Bonchev–Trinajstić information content (AvgIpc) is 3.15. The summed E-state index contributed by atoms with van der Waals surface area (Å²) in [5.41, 5.74) is 1.66. The van der Waals surface area contributed by atoms with Gasteiger partial charge in [-0.2, -0.15) is 5.26 Å². The molecule has 3 aromatic rings. The summed E-state index contributed by atoms with van der Waals surface area (Å²) < 4.78 is 7.00. The van der Waals surface area contributed by atoms with E-state index in [2.05, 4.69) is 10.3 Å². The molecule has 6 heteroatoms. The van der Waals surface area contributed by atoms with E-state index in [9.17, 15) is 0 Å². The van der Waals surface area contributed by atoms with E-state index in [-0.39, 0.29) is 5.69 Å². The Bertz CT molecular complexity index is 771. The molecule has 0 unspecified atom stereocenters. The Morgan fingerprint density at radius 3 is 2.90 bits per heavy atom. The molecule has 0 fully saturated rings. The van der Waals surface area contributed by atoms with Gasteiger partial charge in [0.1, 0.15) is 11.8 Å². The van der Waals surface area contributed by atoms with Crippen LogP contribution in [0.15, 0.2) is 52.0 Å². The van der Waals surface area contributed by atoms with E-state index in [1.165, 1.54) is 0 Å². The summed E-state index contributed by atoms with van der Waals surface area (Å²) in [5, 5.41) is 17.1. The van der Waals surface area contributed by atoms with Crippen LogP contribution in [0.5, 0.6) is 0 Å². The zero-order chi connectivity index (χ0) is 13.9. The number of nitrogens with zero attached hydrogens (tertiary/aromatic N) is 4. The van der Waals surface area contributed by atoms with E-state index in [4.69, 9.17) is 9.68 Å². The van der Waals surface area contributed by atoms with E-state index >= 15 is 0 Å². The lowest BCUT2D eigenvalue weighted by atomic mass is 10.2. The minimum absolute atomic E-state index is 0.245. The number of aromatic nitrogens is 3. The van der Waals surface area contributed by atoms with Gasteiger partial charge in [-0.25, -0.2) is 4.68 Å². The van der Waals surface area contributed by atoms with Crippen molar-refractivity contribution in [3.05, 3.63) is 48.4 Å². The lowest BCUT2D eigenvalue weighted by Crippen LogP contribution is -1.99. The fourth-order valence-electron chi connectivity index (χ4n) is 1.91. The summed E-state index contributed by atoms with van der Waals surface area (Å²) in [6.45, 7) is 0. The molecule has 5 nitrogen and oxygen atoms in total. The van der Waals surface area contributed by atoms with Crippen LogP contribution in [-0.2, 0) is 0 Å². The number of hydrogen-bond acceptors (Lipinski definition) is 5.